The third-order valence-electron chi connectivity index (χ3n) is 10.8. The lowest BCUT2D eigenvalue weighted by atomic mass is 9.92. The molecule has 4 heterocycles. The molecule has 6 aromatic carbocycles. The van der Waals surface area contributed by atoms with Crippen molar-refractivity contribution in [3.8, 4) is 33.5 Å². The van der Waals surface area contributed by atoms with Gasteiger partial charge in [0, 0.05) is 44.3 Å². The molecule has 4 aromatic heterocycles. The van der Waals surface area contributed by atoms with Crippen molar-refractivity contribution >= 4 is 65.6 Å². The van der Waals surface area contributed by atoms with Gasteiger partial charge in [0.05, 0.1) is 5.56 Å². The topological polar surface area (TPSA) is 43.1 Å². The van der Waals surface area contributed by atoms with Crippen molar-refractivity contribution in [3.63, 3.8) is 0 Å². The Kier molecular flexibility index (Phi) is 6.32. The molecule has 244 valence electrons. The normalized spacial score (nSPS) is 12.0. The molecule has 0 N–H and O–H groups in total. The predicted molar refractivity (Wildman–Crippen MR) is 210 cm³/mol. The number of pyridine rings is 2. The van der Waals surface area contributed by atoms with Gasteiger partial charge in [-0.25, -0.2) is 9.55 Å². The first kappa shape index (κ1) is 29.6. The molecule has 0 aliphatic heterocycles. The Hall–Kier alpha value is -6.26. The maximum absolute atomic E-state index is 6.99. The van der Waals surface area contributed by atoms with Crippen molar-refractivity contribution < 1.29 is 13.4 Å². The summed E-state index contributed by atoms with van der Waals surface area (Å²) in [7, 11) is 2.14. The lowest BCUT2D eigenvalue weighted by Gasteiger charge is -2.13. The van der Waals surface area contributed by atoms with Crippen LogP contribution < -0.4 is 4.57 Å². The molecule has 0 radical (unpaired) electrons. The number of furan rings is 2. The maximum atomic E-state index is 6.99. The fourth-order valence-electron chi connectivity index (χ4n) is 8.20. The number of hydrogen-bond acceptors (Lipinski definition) is 3. The molecule has 0 bridgehead atoms. The molecule has 0 atom stereocenters. The monoisotopic (exact) mass is 659 g/mol. The first-order valence-corrected chi connectivity index (χ1v) is 17.5. The minimum atomic E-state index is 0.688. The molecule has 0 amide bonds. The van der Waals surface area contributed by atoms with E-state index in [0.717, 1.165) is 66.4 Å². The zero-order valence-electron chi connectivity index (χ0n) is 29.3. The van der Waals surface area contributed by atoms with Crippen molar-refractivity contribution in [2.75, 3.05) is 0 Å². The summed E-state index contributed by atoms with van der Waals surface area (Å²) in [6.45, 7) is 8.58. The molecule has 10 rings (SSSR count). The second kappa shape index (κ2) is 10.9. The summed E-state index contributed by atoms with van der Waals surface area (Å²) in [5, 5.41) is 9.20. The molecular formula is C47H35N2O2+. The van der Waals surface area contributed by atoms with E-state index in [-0.39, 0.29) is 0 Å². The summed E-state index contributed by atoms with van der Waals surface area (Å²) in [6.07, 6.45) is 2.24. The van der Waals surface area contributed by atoms with Crippen LogP contribution in [0.3, 0.4) is 0 Å². The van der Waals surface area contributed by atoms with Gasteiger partial charge in [-0.05, 0) is 108 Å². The molecule has 4 nitrogen and oxygen atoms in total. The van der Waals surface area contributed by atoms with Gasteiger partial charge in [-0.2, -0.15) is 0 Å². The van der Waals surface area contributed by atoms with Gasteiger partial charge in [0.25, 0.3) is 0 Å². The summed E-state index contributed by atoms with van der Waals surface area (Å²) < 4.78 is 15.4. The van der Waals surface area contributed by atoms with Gasteiger partial charge in [0.2, 0.25) is 11.4 Å². The molecule has 0 unspecified atom stereocenters. The van der Waals surface area contributed by atoms with Crippen molar-refractivity contribution in [3.05, 3.63) is 144 Å². The lowest BCUT2D eigenvalue weighted by Crippen LogP contribution is -2.31. The van der Waals surface area contributed by atoms with Gasteiger partial charge in [0.15, 0.2) is 6.20 Å². The van der Waals surface area contributed by atoms with Crippen molar-refractivity contribution in [2.24, 2.45) is 7.05 Å². The molecular weight excluding hydrogens is 625 g/mol. The van der Waals surface area contributed by atoms with Gasteiger partial charge in [0.1, 0.15) is 23.8 Å². The second-order valence-corrected chi connectivity index (χ2v) is 14.1. The second-order valence-electron chi connectivity index (χ2n) is 14.1. The highest BCUT2D eigenvalue weighted by atomic mass is 16.3. The van der Waals surface area contributed by atoms with Gasteiger partial charge < -0.3 is 8.83 Å². The van der Waals surface area contributed by atoms with E-state index in [1.54, 1.807) is 0 Å². The average molecular weight is 660 g/mol. The molecule has 0 spiro atoms. The van der Waals surface area contributed by atoms with E-state index in [9.17, 15) is 0 Å². The Bertz CT molecular complexity index is 3090. The van der Waals surface area contributed by atoms with E-state index in [2.05, 4.69) is 153 Å². The molecule has 0 fully saturated rings. The highest BCUT2D eigenvalue weighted by Gasteiger charge is 2.24. The standard InChI is InChI=1S/C47H35N2O2/c1-26-10-17-37-38-21-14-31-13-12-30-8-6-7-9-35(30)44(31)46(38)51-45(37)43(26)41-24-40(28(3)25-49(41)5)34-19-15-32(22-27(34)2)33-16-20-36-39-18-11-29(4)48-47(39)50-42(36)23-33/h6-25H,1-5H3/q+1. The first-order chi connectivity index (χ1) is 24.8. The Balaban J connectivity index is 1.11. The number of aromatic nitrogens is 2. The Morgan fingerprint density at radius 3 is 2.14 bits per heavy atom. The van der Waals surface area contributed by atoms with Gasteiger partial charge >= 0.3 is 0 Å². The zero-order valence-corrected chi connectivity index (χ0v) is 29.3. The fourth-order valence-corrected chi connectivity index (χ4v) is 8.20. The molecule has 0 saturated carbocycles. The highest BCUT2D eigenvalue weighted by molar-refractivity contribution is 6.24. The summed E-state index contributed by atoms with van der Waals surface area (Å²) in [5.74, 6) is 0. The predicted octanol–water partition coefficient (Wildman–Crippen LogP) is 12.2. The molecule has 0 aliphatic carbocycles. The minimum absolute atomic E-state index is 0.688. The van der Waals surface area contributed by atoms with E-state index >= 15 is 0 Å². The Morgan fingerprint density at radius 2 is 1.25 bits per heavy atom. The van der Waals surface area contributed by atoms with Crippen LogP contribution in [0.2, 0.25) is 0 Å². The third-order valence-corrected chi connectivity index (χ3v) is 10.8. The highest BCUT2D eigenvalue weighted by Crippen LogP contribution is 2.42. The minimum Gasteiger partial charge on any atom is -0.454 e. The van der Waals surface area contributed by atoms with E-state index in [1.807, 2.05) is 13.0 Å². The summed E-state index contributed by atoms with van der Waals surface area (Å²) in [6, 6.07) is 41.6. The number of benzene rings is 6. The number of aryl methyl sites for hydroxylation is 5. The average Bonchev–Trinajstić information content (AvgIpc) is 3.69. The lowest BCUT2D eigenvalue weighted by molar-refractivity contribution is -0.660. The van der Waals surface area contributed by atoms with Crippen LogP contribution in [0.5, 0.6) is 0 Å². The van der Waals surface area contributed by atoms with E-state index in [0.29, 0.717) is 5.71 Å². The van der Waals surface area contributed by atoms with Gasteiger partial charge in [-0.3, -0.25) is 0 Å². The van der Waals surface area contributed by atoms with E-state index in [1.165, 1.54) is 49.4 Å². The number of nitrogens with zero attached hydrogens (tertiary/aromatic N) is 2. The zero-order chi connectivity index (χ0) is 34.5. The number of hydrogen-bond donors (Lipinski definition) is 0. The van der Waals surface area contributed by atoms with Crippen LogP contribution in [-0.2, 0) is 7.05 Å². The van der Waals surface area contributed by atoms with Crippen LogP contribution >= 0.6 is 0 Å². The molecule has 10 aromatic rings. The van der Waals surface area contributed by atoms with Crippen LogP contribution in [0.1, 0.15) is 22.4 Å². The maximum Gasteiger partial charge on any atom is 0.227 e. The van der Waals surface area contributed by atoms with Crippen molar-refractivity contribution in [2.45, 2.75) is 27.7 Å². The first-order valence-electron chi connectivity index (χ1n) is 17.5. The third kappa shape index (κ3) is 4.46. The number of rotatable bonds is 3. The quantitative estimate of drug-likeness (QED) is 0.140. The van der Waals surface area contributed by atoms with Crippen LogP contribution in [0, 0.1) is 27.7 Å². The Labute approximate surface area is 295 Å². The summed E-state index contributed by atoms with van der Waals surface area (Å²) in [4.78, 5) is 4.60. The van der Waals surface area contributed by atoms with Crippen molar-refractivity contribution in [1.29, 1.82) is 0 Å². The van der Waals surface area contributed by atoms with Crippen LogP contribution in [0.4, 0.5) is 0 Å². The van der Waals surface area contributed by atoms with Crippen LogP contribution in [0.25, 0.3) is 99.1 Å². The molecule has 4 heteroatoms. The van der Waals surface area contributed by atoms with E-state index < -0.39 is 0 Å². The fraction of sp³-hybridized carbons (Fsp3) is 0.106. The summed E-state index contributed by atoms with van der Waals surface area (Å²) >= 11 is 0. The van der Waals surface area contributed by atoms with Crippen LogP contribution in [0.15, 0.2) is 130 Å². The molecule has 0 aliphatic rings. The largest absolute Gasteiger partial charge is 0.454 e. The SMILES string of the molecule is Cc1ccc2c(n1)oc1cc(-c3ccc(-c4cc(-c5c(C)ccc6c5oc5c6ccc6ccc7ccccc7c65)[n+](C)cc4C)c(C)c3)ccc12. The summed E-state index contributed by atoms with van der Waals surface area (Å²) in [5.41, 5.74) is 14.9. The van der Waals surface area contributed by atoms with Crippen molar-refractivity contribution in [1.82, 2.24) is 4.98 Å². The Morgan fingerprint density at radius 1 is 0.529 bits per heavy atom. The smallest absolute Gasteiger partial charge is 0.227 e. The van der Waals surface area contributed by atoms with Gasteiger partial charge in [-0.15, -0.1) is 0 Å². The van der Waals surface area contributed by atoms with Gasteiger partial charge in [-0.1, -0.05) is 78.9 Å². The number of fused-ring (bicyclic) bond motifs is 10. The van der Waals surface area contributed by atoms with Crippen LogP contribution in [-0.4, -0.2) is 4.98 Å². The molecule has 0 saturated heterocycles. The van der Waals surface area contributed by atoms with E-state index in [4.69, 9.17) is 8.83 Å². The molecule has 51 heavy (non-hydrogen) atoms.